The van der Waals surface area contributed by atoms with E-state index in [0.717, 1.165) is 60.7 Å². The minimum absolute atomic E-state index is 0.0146. The highest BCUT2D eigenvalue weighted by molar-refractivity contribution is 5.87. The molecule has 0 saturated heterocycles. The Morgan fingerprint density at radius 1 is 1.11 bits per heavy atom. The topological polar surface area (TPSA) is 74.4 Å². The van der Waals surface area contributed by atoms with E-state index in [1.54, 1.807) is 12.1 Å². The first kappa shape index (κ1) is 24.7. The van der Waals surface area contributed by atoms with E-state index < -0.39 is 11.7 Å². The summed E-state index contributed by atoms with van der Waals surface area (Å²) < 4.78 is 47.3. The molecule has 3 N–H and O–H groups in total. The van der Waals surface area contributed by atoms with Crippen molar-refractivity contribution in [2.24, 2.45) is 0 Å². The van der Waals surface area contributed by atoms with Crippen LogP contribution in [0.4, 0.5) is 13.2 Å². The Balaban J connectivity index is 1.31. The van der Waals surface area contributed by atoms with Crippen molar-refractivity contribution in [1.82, 2.24) is 10.3 Å². The van der Waals surface area contributed by atoms with E-state index in [2.05, 4.69) is 10.3 Å². The number of halogens is 3. The van der Waals surface area contributed by atoms with Gasteiger partial charge in [-0.25, -0.2) is 0 Å². The monoisotopic (exact) mass is 500 g/mol. The molecule has 192 valence electrons. The summed E-state index contributed by atoms with van der Waals surface area (Å²) in [5.41, 5.74) is 3.54. The molecule has 1 fully saturated rings. The number of aliphatic hydroxyl groups is 1. The van der Waals surface area contributed by atoms with Gasteiger partial charge >= 0.3 is 6.18 Å². The molecular formula is C28H31F3N2O3. The number of ether oxygens (including phenoxy) is 1. The van der Waals surface area contributed by atoms with Crippen LogP contribution >= 0.6 is 0 Å². The van der Waals surface area contributed by atoms with Crippen LogP contribution in [0.3, 0.4) is 0 Å². The first-order valence-corrected chi connectivity index (χ1v) is 12.7. The Morgan fingerprint density at radius 2 is 1.92 bits per heavy atom. The number of aryl methyl sites for hydroxylation is 1. The lowest BCUT2D eigenvalue weighted by Crippen LogP contribution is -2.27. The molecule has 8 heteroatoms. The number of nitrogens with one attached hydrogen (secondary N) is 2. The Bertz CT molecular complexity index is 1240. The van der Waals surface area contributed by atoms with Crippen molar-refractivity contribution in [1.29, 1.82) is 0 Å². The average Bonchev–Trinajstić information content (AvgIpc) is 3.59. The molecule has 36 heavy (non-hydrogen) atoms. The van der Waals surface area contributed by atoms with E-state index >= 15 is 0 Å². The second kappa shape index (κ2) is 10.2. The van der Waals surface area contributed by atoms with Crippen LogP contribution in [0.1, 0.15) is 78.3 Å². The van der Waals surface area contributed by atoms with Gasteiger partial charge in [-0.1, -0.05) is 25.0 Å². The maximum absolute atomic E-state index is 13.8. The first-order valence-electron chi connectivity index (χ1n) is 12.7. The van der Waals surface area contributed by atoms with Crippen LogP contribution < -0.4 is 10.1 Å². The van der Waals surface area contributed by atoms with Crippen molar-refractivity contribution in [2.75, 3.05) is 13.2 Å². The van der Waals surface area contributed by atoms with Crippen LogP contribution in [0.5, 0.6) is 5.75 Å². The Hall–Kier alpha value is -3.00. The van der Waals surface area contributed by atoms with Crippen LogP contribution in [0.2, 0.25) is 0 Å². The predicted molar refractivity (Wildman–Crippen MR) is 131 cm³/mol. The molecule has 1 amide bonds. The highest BCUT2D eigenvalue weighted by Crippen LogP contribution is 2.43. The lowest BCUT2D eigenvalue weighted by molar-refractivity contribution is -0.138. The minimum Gasteiger partial charge on any atom is -0.489 e. The molecular weight excluding hydrogens is 469 g/mol. The molecule has 0 aliphatic heterocycles. The van der Waals surface area contributed by atoms with Crippen molar-refractivity contribution < 1.29 is 27.8 Å². The summed E-state index contributed by atoms with van der Waals surface area (Å²) in [4.78, 5) is 15.5. The van der Waals surface area contributed by atoms with E-state index in [1.807, 2.05) is 18.2 Å². The van der Waals surface area contributed by atoms with Gasteiger partial charge in [0.1, 0.15) is 12.4 Å². The Kier molecular flexibility index (Phi) is 6.97. The van der Waals surface area contributed by atoms with Gasteiger partial charge in [-0.3, -0.25) is 4.79 Å². The lowest BCUT2D eigenvalue weighted by Gasteiger charge is -2.19. The van der Waals surface area contributed by atoms with E-state index in [1.165, 1.54) is 6.07 Å². The van der Waals surface area contributed by atoms with Crippen LogP contribution in [-0.2, 0) is 24.0 Å². The van der Waals surface area contributed by atoms with Crippen LogP contribution in [0, 0.1) is 0 Å². The normalized spacial score (nSPS) is 18.1. The Morgan fingerprint density at radius 3 is 2.67 bits per heavy atom. The van der Waals surface area contributed by atoms with Crippen LogP contribution in [-0.4, -0.2) is 29.1 Å². The third-order valence-electron chi connectivity index (χ3n) is 7.55. The average molecular weight is 501 g/mol. The predicted octanol–water partition coefficient (Wildman–Crippen LogP) is 5.95. The molecule has 1 aromatic heterocycles. The number of benzene rings is 2. The molecule has 1 saturated carbocycles. The van der Waals surface area contributed by atoms with Crippen LogP contribution in [0.25, 0.3) is 10.9 Å². The molecule has 2 aromatic carbocycles. The highest BCUT2D eigenvalue weighted by Gasteiger charge is 2.36. The molecule has 3 aromatic rings. The molecule has 1 atom stereocenters. The van der Waals surface area contributed by atoms with Gasteiger partial charge in [-0.05, 0) is 72.6 Å². The summed E-state index contributed by atoms with van der Waals surface area (Å²) >= 11 is 0. The smallest absolute Gasteiger partial charge is 0.416 e. The maximum Gasteiger partial charge on any atom is 0.416 e. The number of fused-ring (bicyclic) bond motifs is 3. The number of aliphatic hydroxyl groups excluding tert-OH is 1. The molecule has 1 heterocycles. The van der Waals surface area contributed by atoms with Crippen molar-refractivity contribution in [3.8, 4) is 5.75 Å². The van der Waals surface area contributed by atoms with Crippen molar-refractivity contribution >= 4 is 16.8 Å². The molecule has 2 aliphatic carbocycles. The molecule has 5 nitrogen and oxygen atoms in total. The summed E-state index contributed by atoms with van der Waals surface area (Å²) in [5, 5.41) is 12.6. The van der Waals surface area contributed by atoms with Gasteiger partial charge in [0.25, 0.3) is 0 Å². The zero-order valence-electron chi connectivity index (χ0n) is 20.1. The van der Waals surface area contributed by atoms with Gasteiger partial charge in [0, 0.05) is 35.5 Å². The number of rotatable bonds is 8. The van der Waals surface area contributed by atoms with E-state index in [0.29, 0.717) is 23.3 Å². The summed E-state index contributed by atoms with van der Waals surface area (Å²) in [5.74, 6) is 0.595. The minimum atomic E-state index is -4.38. The van der Waals surface area contributed by atoms with Gasteiger partial charge < -0.3 is 20.1 Å². The fourth-order valence-electron chi connectivity index (χ4n) is 5.81. The summed E-state index contributed by atoms with van der Waals surface area (Å²) in [7, 11) is 0. The molecule has 5 rings (SSSR count). The lowest BCUT2D eigenvalue weighted by atomic mass is 9.91. The molecule has 2 aliphatic rings. The zero-order chi connectivity index (χ0) is 25.3. The number of amides is 1. The van der Waals surface area contributed by atoms with Gasteiger partial charge in [0.05, 0.1) is 12.2 Å². The molecule has 0 radical (unpaired) electrons. The summed E-state index contributed by atoms with van der Waals surface area (Å²) in [6.07, 6.45) is 1.27. The zero-order valence-corrected chi connectivity index (χ0v) is 20.1. The maximum atomic E-state index is 13.8. The fraction of sp³-hybridized carbons (Fsp3) is 0.464. The van der Waals surface area contributed by atoms with Gasteiger partial charge in [0.15, 0.2) is 0 Å². The van der Waals surface area contributed by atoms with Gasteiger partial charge in [-0.15, -0.1) is 0 Å². The number of alkyl halides is 3. The number of aromatic nitrogens is 1. The SMILES string of the molecule is O=C(C[C@H]1CCc2c1[nH]c1ccc(OCc3ccc(C4CCCC4)c(C(F)(F)F)c3)cc21)NCCO. The molecule has 0 bridgehead atoms. The third kappa shape index (κ3) is 5.09. The first-order chi connectivity index (χ1) is 17.3. The van der Waals surface area contributed by atoms with Crippen molar-refractivity contribution in [3.63, 3.8) is 0 Å². The number of hydrogen-bond donors (Lipinski definition) is 3. The highest BCUT2D eigenvalue weighted by atomic mass is 19.4. The molecule has 0 spiro atoms. The van der Waals surface area contributed by atoms with Gasteiger partial charge in [0.2, 0.25) is 5.91 Å². The standard InChI is InChI=1S/C28H31F3N2O3/c29-28(30,31)24-13-17(5-8-21(24)18-3-1-2-4-18)16-36-20-7-10-25-23(15-20)22-9-6-19(27(22)33-25)14-26(35)32-11-12-34/h5,7-8,10,13,15,18-19,33-34H,1-4,6,9,11-12,14,16H2,(H,32,35)/t19-/m1/s1. The number of H-pyrrole nitrogens is 1. The number of hydrogen-bond acceptors (Lipinski definition) is 3. The summed E-state index contributed by atoms with van der Waals surface area (Å²) in [6, 6.07) is 10.3. The number of carbonyl (C=O) groups excluding carboxylic acids is 1. The largest absolute Gasteiger partial charge is 0.489 e. The summed E-state index contributed by atoms with van der Waals surface area (Å²) in [6.45, 7) is 0.221. The third-order valence-corrected chi connectivity index (χ3v) is 7.55. The second-order valence-electron chi connectivity index (χ2n) is 9.93. The molecule has 0 unspecified atom stereocenters. The van der Waals surface area contributed by atoms with E-state index in [9.17, 15) is 18.0 Å². The Labute approximate surface area is 208 Å². The van der Waals surface area contributed by atoms with Crippen molar-refractivity contribution in [3.05, 3.63) is 64.3 Å². The number of carbonyl (C=O) groups is 1. The van der Waals surface area contributed by atoms with Gasteiger partial charge in [-0.2, -0.15) is 13.2 Å². The fourth-order valence-corrected chi connectivity index (χ4v) is 5.81. The van der Waals surface area contributed by atoms with Crippen molar-refractivity contribution in [2.45, 2.75) is 69.6 Å². The van der Waals surface area contributed by atoms with E-state index in [4.69, 9.17) is 9.84 Å². The second-order valence-corrected chi connectivity index (χ2v) is 9.93. The van der Waals surface area contributed by atoms with Crippen LogP contribution in [0.15, 0.2) is 36.4 Å². The number of aromatic amines is 1. The quantitative estimate of drug-likeness (QED) is 0.358. The van der Waals surface area contributed by atoms with E-state index in [-0.39, 0.29) is 37.5 Å².